The van der Waals surface area contributed by atoms with Crippen LogP contribution in [0.25, 0.3) is 0 Å². The van der Waals surface area contributed by atoms with Crippen molar-refractivity contribution in [2.24, 2.45) is 17.1 Å². The molecule has 0 bridgehead atoms. The minimum Gasteiger partial charge on any atom is -0.371 e. The maximum absolute atomic E-state index is 13.2. The van der Waals surface area contributed by atoms with Crippen molar-refractivity contribution in [3.05, 3.63) is 30.1 Å². The van der Waals surface area contributed by atoms with Crippen LogP contribution in [0.3, 0.4) is 0 Å². The maximum atomic E-state index is 13.2. The molecule has 1 saturated heterocycles. The first-order valence-electron chi connectivity index (χ1n) is 6.23. The zero-order chi connectivity index (χ0) is 12.5. The summed E-state index contributed by atoms with van der Waals surface area (Å²) < 4.78 is 13.2. The summed E-state index contributed by atoms with van der Waals surface area (Å²) in [6, 6.07) is 6.82. The second-order valence-electron chi connectivity index (χ2n) is 5.60. The molecule has 0 radical (unpaired) electrons. The van der Waals surface area contributed by atoms with E-state index < -0.39 is 0 Å². The Morgan fingerprint density at radius 2 is 2.24 bits per heavy atom. The average Bonchev–Trinajstić information content (AvgIpc) is 2.28. The molecule has 1 aliphatic heterocycles. The molecule has 1 unspecified atom stereocenters. The van der Waals surface area contributed by atoms with Gasteiger partial charge in [0.2, 0.25) is 0 Å². The number of nitrogens with two attached hydrogens (primary N) is 1. The van der Waals surface area contributed by atoms with Crippen LogP contribution in [-0.4, -0.2) is 19.6 Å². The lowest BCUT2D eigenvalue weighted by Gasteiger charge is -2.44. The Bertz CT molecular complexity index is 390. The van der Waals surface area contributed by atoms with Gasteiger partial charge >= 0.3 is 0 Å². The van der Waals surface area contributed by atoms with Crippen molar-refractivity contribution in [1.29, 1.82) is 0 Å². The summed E-state index contributed by atoms with van der Waals surface area (Å²) >= 11 is 0. The van der Waals surface area contributed by atoms with Gasteiger partial charge in [-0.2, -0.15) is 0 Å². The molecular weight excluding hydrogens is 215 g/mol. The number of rotatable bonds is 2. The normalized spacial score (nSPS) is 23.8. The van der Waals surface area contributed by atoms with E-state index in [-0.39, 0.29) is 5.82 Å². The highest BCUT2D eigenvalue weighted by Gasteiger charge is 2.34. The van der Waals surface area contributed by atoms with E-state index in [0.717, 1.165) is 25.2 Å². The molecule has 0 spiro atoms. The van der Waals surface area contributed by atoms with Gasteiger partial charge in [0.25, 0.3) is 0 Å². The second kappa shape index (κ2) is 4.65. The number of piperidine rings is 1. The molecule has 0 saturated carbocycles. The van der Waals surface area contributed by atoms with E-state index in [9.17, 15) is 4.39 Å². The van der Waals surface area contributed by atoms with Gasteiger partial charge in [-0.25, -0.2) is 4.39 Å². The standard InChI is InChI=1S/C14H21FN2/c1-14(2)6-7-17(10-11(14)9-16)13-5-3-4-12(15)8-13/h3-5,8,11H,6-7,9-10,16H2,1-2H3. The van der Waals surface area contributed by atoms with Gasteiger partial charge in [-0.15, -0.1) is 0 Å². The molecule has 2 N–H and O–H groups in total. The Morgan fingerprint density at radius 1 is 1.47 bits per heavy atom. The smallest absolute Gasteiger partial charge is 0.125 e. The molecule has 1 atom stereocenters. The van der Waals surface area contributed by atoms with E-state index in [4.69, 9.17) is 5.73 Å². The number of benzene rings is 1. The first-order chi connectivity index (χ1) is 8.03. The molecule has 0 aromatic heterocycles. The van der Waals surface area contributed by atoms with E-state index in [2.05, 4.69) is 18.7 Å². The first kappa shape index (κ1) is 12.4. The molecule has 1 aliphatic rings. The summed E-state index contributed by atoms with van der Waals surface area (Å²) in [5.74, 6) is 0.302. The molecule has 17 heavy (non-hydrogen) atoms. The summed E-state index contributed by atoms with van der Waals surface area (Å²) in [7, 11) is 0. The van der Waals surface area contributed by atoms with Crippen molar-refractivity contribution < 1.29 is 4.39 Å². The van der Waals surface area contributed by atoms with Crippen LogP contribution in [-0.2, 0) is 0 Å². The predicted molar refractivity (Wildman–Crippen MR) is 69.6 cm³/mol. The van der Waals surface area contributed by atoms with Gasteiger partial charge in [-0.05, 0) is 42.5 Å². The van der Waals surface area contributed by atoms with E-state index in [1.54, 1.807) is 12.1 Å². The van der Waals surface area contributed by atoms with Gasteiger partial charge in [0.15, 0.2) is 0 Å². The largest absolute Gasteiger partial charge is 0.371 e. The fourth-order valence-electron chi connectivity index (χ4n) is 2.53. The van der Waals surface area contributed by atoms with Crippen LogP contribution < -0.4 is 10.6 Å². The van der Waals surface area contributed by atoms with Crippen LogP contribution in [0.2, 0.25) is 0 Å². The van der Waals surface area contributed by atoms with Crippen LogP contribution in [0.4, 0.5) is 10.1 Å². The van der Waals surface area contributed by atoms with Gasteiger partial charge in [-0.1, -0.05) is 19.9 Å². The van der Waals surface area contributed by atoms with Crippen LogP contribution in [0, 0.1) is 17.2 Å². The summed E-state index contributed by atoms with van der Waals surface area (Å²) in [5, 5.41) is 0. The van der Waals surface area contributed by atoms with Crippen molar-refractivity contribution >= 4 is 5.69 Å². The third-order valence-electron chi connectivity index (χ3n) is 4.03. The van der Waals surface area contributed by atoms with Gasteiger partial charge < -0.3 is 10.6 Å². The molecule has 1 heterocycles. The summed E-state index contributed by atoms with van der Waals surface area (Å²) in [6.07, 6.45) is 1.10. The van der Waals surface area contributed by atoms with Crippen molar-refractivity contribution in [3.63, 3.8) is 0 Å². The van der Waals surface area contributed by atoms with Crippen LogP contribution in [0.1, 0.15) is 20.3 Å². The highest BCUT2D eigenvalue weighted by molar-refractivity contribution is 5.47. The second-order valence-corrected chi connectivity index (χ2v) is 5.60. The molecular formula is C14H21FN2. The number of nitrogens with zero attached hydrogens (tertiary/aromatic N) is 1. The molecule has 1 aromatic carbocycles. The topological polar surface area (TPSA) is 29.3 Å². The molecule has 0 aliphatic carbocycles. The molecule has 1 fully saturated rings. The van der Waals surface area contributed by atoms with Crippen molar-refractivity contribution in [1.82, 2.24) is 0 Å². The molecule has 2 nitrogen and oxygen atoms in total. The van der Waals surface area contributed by atoms with Gasteiger partial charge in [0.1, 0.15) is 5.82 Å². The Balaban J connectivity index is 2.15. The van der Waals surface area contributed by atoms with Gasteiger partial charge in [0.05, 0.1) is 0 Å². The summed E-state index contributed by atoms with van der Waals surface area (Å²) in [6.45, 7) is 7.14. The number of anilines is 1. The number of hydrogen-bond acceptors (Lipinski definition) is 2. The molecule has 2 rings (SSSR count). The highest BCUT2D eigenvalue weighted by atomic mass is 19.1. The zero-order valence-corrected chi connectivity index (χ0v) is 10.6. The van der Waals surface area contributed by atoms with E-state index in [1.807, 2.05) is 6.07 Å². The molecule has 3 heteroatoms. The fraction of sp³-hybridized carbons (Fsp3) is 0.571. The lowest BCUT2D eigenvalue weighted by Crippen LogP contribution is -2.47. The fourth-order valence-corrected chi connectivity index (χ4v) is 2.53. The monoisotopic (exact) mass is 236 g/mol. The van der Waals surface area contributed by atoms with E-state index in [0.29, 0.717) is 17.9 Å². The van der Waals surface area contributed by atoms with E-state index >= 15 is 0 Å². The van der Waals surface area contributed by atoms with Gasteiger partial charge in [0, 0.05) is 18.8 Å². The summed E-state index contributed by atoms with van der Waals surface area (Å²) in [5.41, 5.74) is 7.11. The van der Waals surface area contributed by atoms with Gasteiger partial charge in [-0.3, -0.25) is 0 Å². The Hall–Kier alpha value is -1.09. The van der Waals surface area contributed by atoms with Crippen LogP contribution in [0.15, 0.2) is 24.3 Å². The van der Waals surface area contributed by atoms with Crippen molar-refractivity contribution in [3.8, 4) is 0 Å². The zero-order valence-electron chi connectivity index (χ0n) is 10.6. The van der Waals surface area contributed by atoms with E-state index in [1.165, 1.54) is 6.07 Å². The average molecular weight is 236 g/mol. The Morgan fingerprint density at radius 3 is 2.88 bits per heavy atom. The number of hydrogen-bond donors (Lipinski definition) is 1. The summed E-state index contributed by atoms with van der Waals surface area (Å²) in [4.78, 5) is 2.24. The lowest BCUT2D eigenvalue weighted by atomic mass is 9.73. The highest BCUT2D eigenvalue weighted by Crippen LogP contribution is 2.36. The van der Waals surface area contributed by atoms with Crippen molar-refractivity contribution in [2.45, 2.75) is 20.3 Å². The Labute approximate surface area is 103 Å². The SMILES string of the molecule is CC1(C)CCN(c2cccc(F)c2)CC1CN. The van der Waals surface area contributed by atoms with Crippen LogP contribution in [0.5, 0.6) is 0 Å². The Kier molecular flexibility index (Phi) is 3.38. The maximum Gasteiger partial charge on any atom is 0.125 e. The first-order valence-corrected chi connectivity index (χ1v) is 6.23. The lowest BCUT2D eigenvalue weighted by molar-refractivity contribution is 0.177. The minimum absolute atomic E-state index is 0.170. The van der Waals surface area contributed by atoms with Crippen molar-refractivity contribution in [2.75, 3.05) is 24.5 Å². The quantitative estimate of drug-likeness (QED) is 0.855. The number of halogens is 1. The minimum atomic E-state index is -0.170. The third kappa shape index (κ3) is 2.60. The third-order valence-corrected chi connectivity index (χ3v) is 4.03. The predicted octanol–water partition coefficient (Wildman–Crippen LogP) is 2.64. The van der Waals surface area contributed by atoms with Crippen LogP contribution >= 0.6 is 0 Å². The molecule has 94 valence electrons. The molecule has 0 amide bonds. The molecule has 1 aromatic rings.